The fourth-order valence-corrected chi connectivity index (χ4v) is 1.88. The van der Waals surface area contributed by atoms with Gasteiger partial charge >= 0.3 is 0 Å². The van der Waals surface area contributed by atoms with E-state index < -0.39 is 0 Å². The summed E-state index contributed by atoms with van der Waals surface area (Å²) in [6, 6.07) is 5.84. The minimum absolute atomic E-state index is 0.442. The monoisotopic (exact) mass is 219 g/mol. The molecule has 2 rings (SSSR count). The van der Waals surface area contributed by atoms with Gasteiger partial charge < -0.3 is 0 Å². The van der Waals surface area contributed by atoms with Crippen LogP contribution in [0.1, 0.15) is 22.8 Å². The van der Waals surface area contributed by atoms with Gasteiger partial charge in [-0.2, -0.15) is 0 Å². The summed E-state index contributed by atoms with van der Waals surface area (Å²) < 4.78 is 0. The summed E-state index contributed by atoms with van der Waals surface area (Å²) in [5, 5.41) is 1.34. The zero-order valence-corrected chi connectivity index (χ0v) is 9.08. The molecule has 0 atom stereocenters. The summed E-state index contributed by atoms with van der Waals surface area (Å²) >= 11 is 6.10. The number of benzene rings is 1. The topological polar surface area (TPSA) is 30.0 Å². The number of carbonyl (C=O) groups is 1. The van der Waals surface area contributed by atoms with Crippen LogP contribution < -0.4 is 0 Å². The third-order valence-corrected chi connectivity index (χ3v) is 2.87. The molecule has 0 unspecified atom stereocenters. The number of para-hydroxylation sites is 1. The molecule has 0 fully saturated rings. The Labute approximate surface area is 92.9 Å². The lowest BCUT2D eigenvalue weighted by atomic mass is 10.1. The average Bonchev–Trinajstić information content (AvgIpc) is 2.29. The van der Waals surface area contributed by atoms with Crippen molar-refractivity contribution in [1.82, 2.24) is 4.98 Å². The van der Waals surface area contributed by atoms with Gasteiger partial charge in [-0.15, -0.1) is 0 Å². The average molecular weight is 220 g/mol. The molecule has 0 saturated carbocycles. The molecule has 15 heavy (non-hydrogen) atoms. The first kappa shape index (κ1) is 10.1. The van der Waals surface area contributed by atoms with E-state index in [0.717, 1.165) is 29.2 Å². The highest BCUT2D eigenvalue weighted by atomic mass is 35.5. The smallest absolute Gasteiger partial charge is 0.153 e. The third kappa shape index (κ3) is 1.61. The molecule has 0 bridgehead atoms. The van der Waals surface area contributed by atoms with Crippen LogP contribution in [0.2, 0.25) is 5.02 Å². The van der Waals surface area contributed by atoms with Gasteiger partial charge in [0.1, 0.15) is 0 Å². The number of aromatic nitrogens is 1. The Kier molecular flexibility index (Phi) is 2.69. The lowest BCUT2D eigenvalue weighted by Crippen LogP contribution is -1.91. The van der Waals surface area contributed by atoms with Crippen molar-refractivity contribution < 1.29 is 4.79 Å². The first-order valence-electron chi connectivity index (χ1n) is 4.79. The Morgan fingerprint density at radius 1 is 1.47 bits per heavy atom. The number of carbonyl (C=O) groups excluding carboxylic acids is 1. The molecule has 0 radical (unpaired) electrons. The number of fused-ring (bicyclic) bond motifs is 1. The highest BCUT2D eigenvalue weighted by Gasteiger charge is 2.07. The second-order valence-corrected chi connectivity index (χ2v) is 3.69. The molecule has 1 aromatic carbocycles. The quantitative estimate of drug-likeness (QED) is 0.726. The van der Waals surface area contributed by atoms with Crippen LogP contribution in [0.25, 0.3) is 10.9 Å². The van der Waals surface area contributed by atoms with E-state index in [1.807, 2.05) is 18.2 Å². The number of aldehydes is 1. The Balaban J connectivity index is 2.84. The van der Waals surface area contributed by atoms with E-state index in [2.05, 4.69) is 11.9 Å². The van der Waals surface area contributed by atoms with Crippen LogP contribution in [0.15, 0.2) is 24.4 Å². The highest BCUT2D eigenvalue weighted by molar-refractivity contribution is 6.37. The van der Waals surface area contributed by atoms with Gasteiger partial charge in [0, 0.05) is 11.6 Å². The van der Waals surface area contributed by atoms with Crippen LogP contribution in [-0.2, 0) is 6.42 Å². The van der Waals surface area contributed by atoms with Crippen molar-refractivity contribution >= 4 is 28.8 Å². The van der Waals surface area contributed by atoms with Gasteiger partial charge in [0.25, 0.3) is 0 Å². The normalized spacial score (nSPS) is 10.5. The van der Waals surface area contributed by atoms with Gasteiger partial charge in [-0.3, -0.25) is 9.78 Å². The maximum absolute atomic E-state index is 10.7. The maximum atomic E-state index is 10.7. The summed E-state index contributed by atoms with van der Waals surface area (Å²) in [6.07, 6.45) is 3.16. The number of halogens is 1. The van der Waals surface area contributed by atoms with Crippen LogP contribution in [0.5, 0.6) is 0 Å². The second kappa shape index (κ2) is 3.99. The van der Waals surface area contributed by atoms with E-state index in [1.54, 1.807) is 0 Å². The molecule has 0 aliphatic rings. The Bertz CT molecular complexity index is 522. The van der Waals surface area contributed by atoms with Gasteiger partial charge in [0.05, 0.1) is 16.1 Å². The van der Waals surface area contributed by atoms with Gasteiger partial charge in [-0.05, 0) is 12.0 Å². The second-order valence-electron chi connectivity index (χ2n) is 3.31. The molecule has 3 heteroatoms. The van der Waals surface area contributed by atoms with Crippen LogP contribution in [0.4, 0.5) is 0 Å². The predicted molar refractivity (Wildman–Crippen MR) is 61.5 cm³/mol. The minimum atomic E-state index is 0.442. The molecule has 0 spiro atoms. The molecule has 2 nitrogen and oxygen atoms in total. The number of nitrogens with zero attached hydrogens (tertiary/aromatic N) is 1. The van der Waals surface area contributed by atoms with Crippen LogP contribution in [0.3, 0.4) is 0 Å². The lowest BCUT2D eigenvalue weighted by molar-refractivity contribution is 0.112. The van der Waals surface area contributed by atoms with E-state index in [4.69, 9.17) is 11.6 Å². The van der Waals surface area contributed by atoms with E-state index in [0.29, 0.717) is 10.6 Å². The lowest BCUT2D eigenvalue weighted by Gasteiger charge is -2.05. The minimum Gasteiger partial charge on any atom is -0.298 e. The van der Waals surface area contributed by atoms with Crippen molar-refractivity contribution in [3.8, 4) is 0 Å². The van der Waals surface area contributed by atoms with E-state index >= 15 is 0 Å². The Hall–Kier alpha value is -1.41. The summed E-state index contributed by atoms with van der Waals surface area (Å²) in [4.78, 5) is 15.0. The molecule has 0 saturated heterocycles. The van der Waals surface area contributed by atoms with Crippen LogP contribution in [-0.4, -0.2) is 11.3 Å². The number of rotatable bonds is 2. The van der Waals surface area contributed by atoms with Crippen molar-refractivity contribution in [2.75, 3.05) is 0 Å². The summed E-state index contributed by atoms with van der Waals surface area (Å²) in [6.45, 7) is 2.07. The molecule has 1 aromatic heterocycles. The van der Waals surface area contributed by atoms with Crippen molar-refractivity contribution in [1.29, 1.82) is 0 Å². The summed E-state index contributed by atoms with van der Waals surface area (Å²) in [7, 11) is 0. The number of aryl methyl sites for hydroxylation is 1. The molecule has 0 amide bonds. The molecule has 0 aliphatic carbocycles. The van der Waals surface area contributed by atoms with Crippen molar-refractivity contribution in [3.63, 3.8) is 0 Å². The maximum Gasteiger partial charge on any atom is 0.153 e. The van der Waals surface area contributed by atoms with Gasteiger partial charge in [-0.25, -0.2) is 0 Å². The number of hydrogen-bond donors (Lipinski definition) is 0. The summed E-state index contributed by atoms with van der Waals surface area (Å²) in [5.41, 5.74) is 2.47. The standard InChI is InChI=1S/C12H10ClNO/c1-2-8-4-3-5-10-11(13)9(7-15)6-14-12(8)10/h3-7H,2H2,1H3. The Morgan fingerprint density at radius 2 is 2.27 bits per heavy atom. The first-order valence-corrected chi connectivity index (χ1v) is 5.17. The number of pyridine rings is 1. The van der Waals surface area contributed by atoms with E-state index in [9.17, 15) is 4.79 Å². The molecule has 0 N–H and O–H groups in total. The van der Waals surface area contributed by atoms with Crippen molar-refractivity contribution in [2.24, 2.45) is 0 Å². The molecule has 2 aromatic rings. The van der Waals surface area contributed by atoms with Crippen LogP contribution >= 0.6 is 11.6 Å². The fraction of sp³-hybridized carbons (Fsp3) is 0.167. The van der Waals surface area contributed by atoms with Gasteiger partial charge in [0.2, 0.25) is 0 Å². The molecule has 0 aliphatic heterocycles. The first-order chi connectivity index (χ1) is 7.27. The van der Waals surface area contributed by atoms with Crippen molar-refractivity contribution in [2.45, 2.75) is 13.3 Å². The SMILES string of the molecule is CCc1cccc2c(Cl)c(C=O)cnc12. The van der Waals surface area contributed by atoms with Crippen molar-refractivity contribution in [3.05, 3.63) is 40.5 Å². The largest absolute Gasteiger partial charge is 0.298 e. The van der Waals surface area contributed by atoms with E-state index in [1.165, 1.54) is 6.20 Å². The van der Waals surface area contributed by atoms with Crippen LogP contribution in [0, 0.1) is 0 Å². The number of hydrogen-bond acceptors (Lipinski definition) is 2. The molecular weight excluding hydrogens is 210 g/mol. The molecule has 76 valence electrons. The van der Waals surface area contributed by atoms with Gasteiger partial charge in [0.15, 0.2) is 6.29 Å². The summed E-state index contributed by atoms with van der Waals surface area (Å²) in [5.74, 6) is 0. The fourth-order valence-electron chi connectivity index (χ4n) is 1.63. The highest BCUT2D eigenvalue weighted by Crippen LogP contribution is 2.26. The molecule has 1 heterocycles. The predicted octanol–water partition coefficient (Wildman–Crippen LogP) is 3.26. The molecular formula is C12H10ClNO. The zero-order chi connectivity index (χ0) is 10.8. The third-order valence-electron chi connectivity index (χ3n) is 2.45. The van der Waals surface area contributed by atoms with E-state index in [-0.39, 0.29) is 0 Å². The Morgan fingerprint density at radius 3 is 2.93 bits per heavy atom. The zero-order valence-electron chi connectivity index (χ0n) is 8.33. The van der Waals surface area contributed by atoms with Gasteiger partial charge in [-0.1, -0.05) is 36.7 Å².